The van der Waals surface area contributed by atoms with E-state index in [2.05, 4.69) is 22.6 Å². The molecule has 3 aliphatic rings. The Kier molecular flexibility index (Phi) is 7.21. The molecule has 0 spiro atoms. The first-order chi connectivity index (χ1) is 18.8. The van der Waals surface area contributed by atoms with E-state index in [9.17, 15) is 13.9 Å². The minimum absolute atomic E-state index is 0.00150. The SMILES string of the molecule is CCCSc1nc(NC2CC2c2ccc(F)c(F)c2)c2nnn(C3CC(OCCO)[C@@H]4OC(C)(C)O[C@H]34)c2n1. The molecule has 6 rings (SSSR count). The van der Waals surface area contributed by atoms with Crippen molar-refractivity contribution in [3.05, 3.63) is 35.4 Å². The summed E-state index contributed by atoms with van der Waals surface area (Å²) in [7, 11) is 0. The van der Waals surface area contributed by atoms with Crippen LogP contribution in [0, 0.1) is 11.6 Å². The molecule has 2 aromatic heterocycles. The highest BCUT2D eigenvalue weighted by Gasteiger charge is 2.56. The van der Waals surface area contributed by atoms with Gasteiger partial charge < -0.3 is 24.6 Å². The van der Waals surface area contributed by atoms with Crippen molar-refractivity contribution in [1.29, 1.82) is 0 Å². The predicted molar refractivity (Wildman–Crippen MR) is 140 cm³/mol. The van der Waals surface area contributed by atoms with Crippen LogP contribution in [0.25, 0.3) is 11.2 Å². The Morgan fingerprint density at radius 2 is 2.00 bits per heavy atom. The molecule has 2 aliphatic carbocycles. The van der Waals surface area contributed by atoms with E-state index in [4.69, 9.17) is 24.2 Å². The number of aliphatic hydroxyl groups excluding tert-OH is 1. The normalized spacial score (nSPS) is 29.2. The average Bonchev–Trinajstić information content (AvgIpc) is 3.24. The number of aromatic nitrogens is 5. The molecule has 0 bridgehead atoms. The smallest absolute Gasteiger partial charge is 0.191 e. The number of ether oxygens (including phenoxy) is 3. The molecule has 4 unspecified atom stereocenters. The number of nitrogens with zero attached hydrogens (tertiary/aromatic N) is 5. The van der Waals surface area contributed by atoms with Gasteiger partial charge >= 0.3 is 0 Å². The molecule has 39 heavy (non-hydrogen) atoms. The Labute approximate surface area is 228 Å². The van der Waals surface area contributed by atoms with Crippen LogP contribution in [0.15, 0.2) is 23.4 Å². The molecular weight excluding hydrogens is 530 g/mol. The van der Waals surface area contributed by atoms with Crippen LogP contribution in [0.2, 0.25) is 0 Å². The molecule has 3 heterocycles. The minimum Gasteiger partial charge on any atom is -0.394 e. The van der Waals surface area contributed by atoms with Crippen LogP contribution in [0.1, 0.15) is 57.6 Å². The Bertz CT molecular complexity index is 1360. The van der Waals surface area contributed by atoms with Crippen LogP contribution < -0.4 is 5.32 Å². The van der Waals surface area contributed by atoms with E-state index in [-0.39, 0.29) is 49.5 Å². The second-order valence-corrected chi connectivity index (χ2v) is 11.7. The second kappa shape index (κ2) is 10.5. The lowest BCUT2D eigenvalue weighted by molar-refractivity contribution is -0.171. The van der Waals surface area contributed by atoms with Gasteiger partial charge in [0.25, 0.3) is 0 Å². The van der Waals surface area contributed by atoms with Crippen molar-refractivity contribution in [2.24, 2.45) is 0 Å². The second-order valence-electron chi connectivity index (χ2n) is 10.7. The number of benzene rings is 1. The largest absolute Gasteiger partial charge is 0.394 e. The molecule has 0 amide bonds. The monoisotopic (exact) mass is 562 g/mol. The fourth-order valence-electron chi connectivity index (χ4n) is 5.55. The van der Waals surface area contributed by atoms with Crippen LogP contribution in [-0.4, -0.2) is 79.2 Å². The molecule has 1 saturated heterocycles. The molecule has 2 saturated carbocycles. The third-order valence-corrected chi connectivity index (χ3v) is 8.40. The molecule has 3 fully saturated rings. The van der Waals surface area contributed by atoms with Crippen molar-refractivity contribution in [2.45, 2.75) is 87.3 Å². The molecule has 210 valence electrons. The number of thioether (sulfide) groups is 1. The van der Waals surface area contributed by atoms with Crippen molar-refractivity contribution < 1.29 is 28.1 Å². The fraction of sp³-hybridized carbons (Fsp3) is 0.615. The lowest BCUT2D eigenvalue weighted by Gasteiger charge is -2.23. The zero-order valence-corrected chi connectivity index (χ0v) is 22.8. The van der Waals surface area contributed by atoms with E-state index in [0.717, 1.165) is 30.2 Å². The van der Waals surface area contributed by atoms with Gasteiger partial charge in [-0.3, -0.25) is 0 Å². The van der Waals surface area contributed by atoms with Gasteiger partial charge in [-0.05, 0) is 44.4 Å². The highest BCUT2D eigenvalue weighted by molar-refractivity contribution is 7.99. The van der Waals surface area contributed by atoms with Gasteiger partial charge in [-0.15, -0.1) is 5.10 Å². The number of fused-ring (bicyclic) bond motifs is 2. The van der Waals surface area contributed by atoms with Crippen LogP contribution >= 0.6 is 11.8 Å². The first-order valence-electron chi connectivity index (χ1n) is 13.3. The van der Waals surface area contributed by atoms with E-state index in [1.807, 2.05) is 13.8 Å². The summed E-state index contributed by atoms with van der Waals surface area (Å²) in [6, 6.07) is 3.80. The van der Waals surface area contributed by atoms with E-state index >= 15 is 0 Å². The Morgan fingerprint density at radius 3 is 2.77 bits per heavy atom. The third kappa shape index (κ3) is 5.22. The number of nitrogens with one attached hydrogen (secondary N) is 1. The lowest BCUT2D eigenvalue weighted by Crippen LogP contribution is -2.31. The number of hydrogen-bond acceptors (Lipinski definition) is 10. The van der Waals surface area contributed by atoms with Crippen molar-refractivity contribution >= 4 is 28.7 Å². The molecule has 13 heteroatoms. The summed E-state index contributed by atoms with van der Waals surface area (Å²) in [5.41, 5.74) is 1.85. The molecular formula is C26H32F2N6O4S. The van der Waals surface area contributed by atoms with E-state index in [1.54, 1.807) is 22.5 Å². The van der Waals surface area contributed by atoms with Gasteiger partial charge in [0.05, 0.1) is 25.4 Å². The summed E-state index contributed by atoms with van der Waals surface area (Å²) >= 11 is 1.55. The van der Waals surface area contributed by atoms with Crippen LogP contribution in [-0.2, 0) is 14.2 Å². The predicted octanol–water partition coefficient (Wildman–Crippen LogP) is 3.81. The van der Waals surface area contributed by atoms with Crippen LogP contribution in [0.5, 0.6) is 0 Å². The van der Waals surface area contributed by atoms with Crippen molar-refractivity contribution in [3.8, 4) is 0 Å². The topological polar surface area (TPSA) is 116 Å². The van der Waals surface area contributed by atoms with Crippen LogP contribution in [0.4, 0.5) is 14.6 Å². The van der Waals surface area contributed by atoms with Crippen molar-refractivity contribution in [2.75, 3.05) is 24.3 Å². The first-order valence-corrected chi connectivity index (χ1v) is 14.3. The number of aliphatic hydroxyl groups is 1. The minimum atomic E-state index is -0.853. The van der Waals surface area contributed by atoms with Gasteiger partial charge in [-0.25, -0.2) is 23.4 Å². The quantitative estimate of drug-likeness (QED) is 0.279. The standard InChI is InChI=1S/C26H32F2N6O4S/c1-4-9-39-25-30-23(29-17-11-14(17)13-5-6-15(27)16(28)10-13)20-24(31-25)34(33-32-20)18-12-19(36-8-7-35)22-21(18)37-26(2,3)38-22/h5-6,10,14,17-19,21-22,35H,4,7-9,11-12H2,1-3H3,(H,29,30,31)/t14?,17?,18?,19?,21-,22+/m1/s1. The summed E-state index contributed by atoms with van der Waals surface area (Å²) in [5, 5.41) is 22.3. The number of halogens is 2. The zero-order chi connectivity index (χ0) is 27.3. The van der Waals surface area contributed by atoms with Gasteiger partial charge in [-0.2, -0.15) is 0 Å². The molecule has 2 N–H and O–H groups in total. The van der Waals surface area contributed by atoms with E-state index in [0.29, 0.717) is 28.6 Å². The average molecular weight is 563 g/mol. The maximum absolute atomic E-state index is 13.8. The molecule has 6 atom stereocenters. The van der Waals surface area contributed by atoms with Crippen LogP contribution in [0.3, 0.4) is 0 Å². The van der Waals surface area contributed by atoms with Gasteiger partial charge in [0.2, 0.25) is 0 Å². The molecule has 0 radical (unpaired) electrons. The third-order valence-electron chi connectivity index (χ3n) is 7.34. The maximum atomic E-state index is 13.8. The first kappa shape index (κ1) is 26.8. The Balaban J connectivity index is 1.31. The van der Waals surface area contributed by atoms with Gasteiger partial charge in [0, 0.05) is 24.1 Å². The number of hydrogen-bond donors (Lipinski definition) is 2. The Hall–Kier alpha value is -2.45. The summed E-state index contributed by atoms with van der Waals surface area (Å²) in [6.07, 6.45) is 1.38. The number of rotatable bonds is 10. The van der Waals surface area contributed by atoms with Crippen molar-refractivity contribution in [3.63, 3.8) is 0 Å². The number of anilines is 1. The molecule has 1 aromatic carbocycles. The summed E-state index contributed by atoms with van der Waals surface area (Å²) in [5.74, 6) is -1.03. The maximum Gasteiger partial charge on any atom is 0.191 e. The molecule has 3 aromatic rings. The van der Waals surface area contributed by atoms with Gasteiger partial charge in [0.15, 0.2) is 39.6 Å². The lowest BCUT2D eigenvalue weighted by atomic mass is 10.1. The molecule has 10 nitrogen and oxygen atoms in total. The van der Waals surface area contributed by atoms with Gasteiger partial charge in [-0.1, -0.05) is 30.0 Å². The van der Waals surface area contributed by atoms with Crippen molar-refractivity contribution in [1.82, 2.24) is 25.0 Å². The van der Waals surface area contributed by atoms with Gasteiger partial charge in [0.1, 0.15) is 12.2 Å². The molecule has 1 aliphatic heterocycles. The fourth-order valence-corrected chi connectivity index (χ4v) is 6.24. The summed E-state index contributed by atoms with van der Waals surface area (Å²) < 4.78 is 47.4. The van der Waals surface area contributed by atoms with E-state index < -0.39 is 17.4 Å². The van der Waals surface area contributed by atoms with E-state index in [1.165, 1.54) is 6.07 Å². The summed E-state index contributed by atoms with van der Waals surface area (Å²) in [6.45, 7) is 5.96. The highest BCUT2D eigenvalue weighted by Crippen LogP contribution is 2.46. The zero-order valence-electron chi connectivity index (χ0n) is 22.0. The highest BCUT2D eigenvalue weighted by atomic mass is 32.2. The summed E-state index contributed by atoms with van der Waals surface area (Å²) in [4.78, 5) is 9.57. The Morgan fingerprint density at radius 1 is 1.18 bits per heavy atom.